The Balaban J connectivity index is 1.19. The number of piperidine rings is 1. The Morgan fingerprint density at radius 3 is 2.16 bits per heavy atom. The molecule has 1 aliphatic carbocycles. The Hall–Kier alpha value is -3.52. The van der Waals surface area contributed by atoms with E-state index in [0.29, 0.717) is 12.8 Å². The fourth-order valence-corrected chi connectivity index (χ4v) is 6.49. The first-order chi connectivity index (χ1) is 17.8. The summed E-state index contributed by atoms with van der Waals surface area (Å²) in [6.45, 7) is -2.96. The number of amides is 1. The smallest absolute Gasteiger partial charge is 0.410 e. The van der Waals surface area contributed by atoms with Crippen molar-refractivity contribution in [3.8, 4) is 16.9 Å². The minimum atomic E-state index is -3.15. The Kier molecular flexibility index (Phi) is 5.87. The Labute approximate surface area is 212 Å². The van der Waals surface area contributed by atoms with Crippen molar-refractivity contribution in [2.24, 2.45) is 0 Å². The van der Waals surface area contributed by atoms with Gasteiger partial charge in [0.25, 0.3) is 0 Å². The molecule has 3 aromatic rings. The molecule has 0 spiro atoms. The molecular weight excluding hydrogens is 483 g/mol. The van der Waals surface area contributed by atoms with Crippen LogP contribution in [0.1, 0.15) is 48.3 Å². The number of fused-ring (bicyclic) bond motifs is 5. The van der Waals surface area contributed by atoms with E-state index in [1.165, 1.54) is 6.07 Å². The maximum absolute atomic E-state index is 13.7. The number of carbonyl (C=O) groups excluding carboxylic acids is 1. The summed E-state index contributed by atoms with van der Waals surface area (Å²) in [7, 11) is 0. The van der Waals surface area contributed by atoms with Crippen LogP contribution in [0.5, 0.6) is 5.75 Å². The van der Waals surface area contributed by atoms with Crippen molar-refractivity contribution in [3.05, 3.63) is 89.2 Å². The average molecular weight is 510 g/mol. The first-order valence-electron chi connectivity index (χ1n) is 12.4. The zero-order valence-electron chi connectivity index (χ0n) is 19.9. The van der Waals surface area contributed by atoms with Gasteiger partial charge in [-0.1, -0.05) is 48.5 Å². The third kappa shape index (κ3) is 4.13. The highest BCUT2D eigenvalue weighted by atomic mass is 19.3. The molecule has 2 atom stereocenters. The number of hydrogen-bond donors (Lipinski definition) is 1. The number of alkyl halides is 2. The molecule has 8 heteroatoms. The van der Waals surface area contributed by atoms with Crippen LogP contribution >= 0.6 is 0 Å². The second kappa shape index (κ2) is 9.10. The summed E-state index contributed by atoms with van der Waals surface area (Å²) in [5.74, 6) is -1.18. The third-order valence-corrected chi connectivity index (χ3v) is 7.97. The number of hydrogen-bond acceptors (Lipinski definition) is 4. The molecule has 2 bridgehead atoms. The maximum Gasteiger partial charge on any atom is 0.410 e. The van der Waals surface area contributed by atoms with Crippen LogP contribution in [0.15, 0.2) is 66.7 Å². The quantitative estimate of drug-likeness (QED) is 0.446. The van der Waals surface area contributed by atoms with Gasteiger partial charge >= 0.3 is 12.7 Å². The standard InChI is InChI=1S/C29H26F3NO4/c30-17-9-12-25(26(13-17)37-27(31)32)29(35)14-18-10-11-19(15-29)33(18)28(34)36-16-24-22-7-3-1-5-20(22)21-6-2-4-8-23(21)24/h1-9,12-13,18-19,24,27,35H,10-11,14-16H2. The van der Waals surface area contributed by atoms with Gasteiger partial charge < -0.3 is 19.5 Å². The van der Waals surface area contributed by atoms with Gasteiger partial charge in [-0.15, -0.1) is 0 Å². The van der Waals surface area contributed by atoms with Gasteiger partial charge in [0.15, 0.2) is 0 Å². The van der Waals surface area contributed by atoms with E-state index in [4.69, 9.17) is 4.74 Å². The predicted octanol–water partition coefficient (Wildman–Crippen LogP) is 6.19. The van der Waals surface area contributed by atoms with Crippen LogP contribution in [0.3, 0.4) is 0 Å². The molecule has 0 aromatic heterocycles. The number of benzene rings is 3. The molecule has 2 aliphatic heterocycles. The molecule has 2 heterocycles. The second-order valence-corrected chi connectivity index (χ2v) is 10.1. The van der Waals surface area contributed by atoms with Gasteiger partial charge in [0.1, 0.15) is 18.2 Å². The second-order valence-electron chi connectivity index (χ2n) is 10.1. The van der Waals surface area contributed by atoms with Gasteiger partial charge in [0.05, 0.1) is 5.60 Å². The van der Waals surface area contributed by atoms with Crippen molar-refractivity contribution in [1.82, 2.24) is 4.90 Å². The monoisotopic (exact) mass is 509 g/mol. The highest BCUT2D eigenvalue weighted by Crippen LogP contribution is 2.49. The van der Waals surface area contributed by atoms with Crippen LogP contribution in [0.25, 0.3) is 11.1 Å². The van der Waals surface area contributed by atoms with Crippen LogP contribution in [0, 0.1) is 5.82 Å². The molecule has 0 radical (unpaired) electrons. The minimum absolute atomic E-state index is 0.0657. The van der Waals surface area contributed by atoms with E-state index in [9.17, 15) is 23.1 Å². The lowest BCUT2D eigenvalue weighted by molar-refractivity contribution is -0.0690. The number of rotatable bonds is 5. The number of carbonyl (C=O) groups is 1. The molecule has 3 aliphatic rings. The van der Waals surface area contributed by atoms with Crippen molar-refractivity contribution in [2.75, 3.05) is 6.61 Å². The summed E-state index contributed by atoms with van der Waals surface area (Å²) >= 11 is 0. The van der Waals surface area contributed by atoms with Crippen molar-refractivity contribution in [3.63, 3.8) is 0 Å². The summed E-state index contributed by atoms with van der Waals surface area (Å²) in [5, 5.41) is 11.5. The highest BCUT2D eigenvalue weighted by Gasteiger charge is 2.51. The highest BCUT2D eigenvalue weighted by molar-refractivity contribution is 5.79. The summed E-state index contributed by atoms with van der Waals surface area (Å²) in [4.78, 5) is 15.0. The number of ether oxygens (including phenoxy) is 2. The molecule has 192 valence electrons. The van der Waals surface area contributed by atoms with E-state index in [1.807, 2.05) is 24.3 Å². The van der Waals surface area contributed by atoms with Crippen molar-refractivity contribution >= 4 is 6.09 Å². The first kappa shape index (κ1) is 23.9. The number of nitrogens with zero attached hydrogens (tertiary/aromatic N) is 1. The topological polar surface area (TPSA) is 59.0 Å². The van der Waals surface area contributed by atoms with Crippen LogP contribution in [-0.4, -0.2) is 41.4 Å². The lowest BCUT2D eigenvalue weighted by atomic mass is 9.80. The summed E-state index contributed by atoms with van der Waals surface area (Å²) in [5.41, 5.74) is 3.11. The summed E-state index contributed by atoms with van der Waals surface area (Å²) in [6, 6.07) is 18.8. The number of aliphatic hydroxyl groups is 1. The van der Waals surface area contributed by atoms with Gasteiger partial charge in [-0.25, -0.2) is 9.18 Å². The van der Waals surface area contributed by atoms with Gasteiger partial charge in [0, 0.05) is 42.5 Å². The average Bonchev–Trinajstić information content (AvgIpc) is 3.34. The zero-order valence-corrected chi connectivity index (χ0v) is 19.9. The van der Waals surface area contributed by atoms with Crippen LogP contribution < -0.4 is 4.74 Å². The Morgan fingerprint density at radius 2 is 1.57 bits per heavy atom. The van der Waals surface area contributed by atoms with E-state index < -0.39 is 24.1 Å². The molecule has 2 saturated heterocycles. The summed E-state index contributed by atoms with van der Waals surface area (Å²) in [6.07, 6.45) is 1.12. The van der Waals surface area contributed by atoms with Gasteiger partial charge in [-0.3, -0.25) is 0 Å². The maximum atomic E-state index is 13.7. The lowest BCUT2D eigenvalue weighted by Gasteiger charge is -2.43. The third-order valence-electron chi connectivity index (χ3n) is 7.97. The zero-order chi connectivity index (χ0) is 25.7. The molecule has 0 saturated carbocycles. The van der Waals surface area contributed by atoms with Crippen LogP contribution in [0.2, 0.25) is 0 Å². The van der Waals surface area contributed by atoms with Crippen molar-refractivity contribution < 1.29 is 32.5 Å². The largest absolute Gasteiger partial charge is 0.448 e. The fraction of sp³-hybridized carbons (Fsp3) is 0.345. The molecule has 37 heavy (non-hydrogen) atoms. The van der Waals surface area contributed by atoms with Gasteiger partial charge in [-0.05, 0) is 47.2 Å². The SMILES string of the molecule is O=C(OCC1c2ccccc2-c2ccccc21)N1C2CCC1CC(O)(c1ccc(F)cc1OC(F)F)C2. The van der Waals surface area contributed by atoms with Crippen LogP contribution in [0.4, 0.5) is 18.0 Å². The normalized spacial score (nSPS) is 24.2. The van der Waals surface area contributed by atoms with Crippen molar-refractivity contribution in [1.29, 1.82) is 0 Å². The van der Waals surface area contributed by atoms with E-state index in [-0.39, 0.29) is 48.8 Å². The van der Waals surface area contributed by atoms with Crippen molar-refractivity contribution in [2.45, 2.75) is 55.9 Å². The van der Waals surface area contributed by atoms with E-state index >= 15 is 0 Å². The van der Waals surface area contributed by atoms with E-state index in [0.717, 1.165) is 34.4 Å². The number of halogens is 3. The molecule has 2 unspecified atom stereocenters. The summed E-state index contributed by atoms with van der Waals surface area (Å²) < 4.78 is 50.0. The molecule has 3 aromatic carbocycles. The van der Waals surface area contributed by atoms with E-state index in [1.54, 1.807) is 4.90 Å². The lowest BCUT2D eigenvalue weighted by Crippen LogP contribution is -2.52. The fourth-order valence-electron chi connectivity index (χ4n) is 6.49. The first-order valence-corrected chi connectivity index (χ1v) is 12.4. The minimum Gasteiger partial charge on any atom is -0.448 e. The Morgan fingerprint density at radius 1 is 0.973 bits per heavy atom. The molecule has 6 rings (SSSR count). The molecule has 1 amide bonds. The predicted molar refractivity (Wildman–Crippen MR) is 130 cm³/mol. The van der Waals surface area contributed by atoms with E-state index in [2.05, 4.69) is 29.0 Å². The molecule has 1 N–H and O–H groups in total. The van der Waals surface area contributed by atoms with Crippen LogP contribution in [-0.2, 0) is 10.3 Å². The Bertz CT molecular complexity index is 1290. The van der Waals surface area contributed by atoms with Gasteiger partial charge in [-0.2, -0.15) is 8.78 Å². The molecule has 5 nitrogen and oxygen atoms in total. The molecule has 2 fully saturated rings. The molecular formula is C29H26F3NO4. The van der Waals surface area contributed by atoms with Gasteiger partial charge in [0.2, 0.25) is 0 Å².